The largest absolute Gasteiger partial charge is 0.467 e. The van der Waals surface area contributed by atoms with E-state index in [0.29, 0.717) is 35.7 Å². The Hall–Kier alpha value is -3.33. The molecule has 3 rings (SSSR count). The average molecular weight is 306 g/mol. The number of nitrogens with one attached hydrogen (secondary N) is 2. The molecule has 0 radical (unpaired) electrons. The molecule has 0 unspecified atom stereocenters. The van der Waals surface area contributed by atoms with Gasteiger partial charge in [-0.1, -0.05) is 5.92 Å². The van der Waals surface area contributed by atoms with Gasteiger partial charge in [-0.2, -0.15) is 0 Å². The Bertz CT molecular complexity index is 866. The molecule has 3 aromatic heterocycles. The van der Waals surface area contributed by atoms with Gasteiger partial charge in [-0.05, 0) is 24.3 Å². The maximum atomic E-state index is 12.2. The van der Waals surface area contributed by atoms with Crippen LogP contribution in [0.15, 0.2) is 47.3 Å². The lowest BCUT2D eigenvalue weighted by Gasteiger charge is -2.08. The minimum atomic E-state index is -0.275. The first-order chi connectivity index (χ1) is 11.3. The van der Waals surface area contributed by atoms with Crippen LogP contribution in [0.1, 0.15) is 16.2 Å². The fourth-order valence-corrected chi connectivity index (χ4v) is 2.12. The summed E-state index contributed by atoms with van der Waals surface area (Å²) in [5.41, 5.74) is 1.67. The topological polar surface area (TPSA) is 80.0 Å². The fraction of sp³-hybridized carbons (Fsp3) is 0.118. The van der Waals surface area contributed by atoms with E-state index in [0.717, 1.165) is 5.39 Å². The van der Waals surface area contributed by atoms with Gasteiger partial charge in [-0.3, -0.25) is 9.78 Å². The summed E-state index contributed by atoms with van der Waals surface area (Å²) in [7, 11) is 0. The van der Waals surface area contributed by atoms with Crippen molar-refractivity contribution in [2.75, 3.05) is 11.9 Å². The van der Waals surface area contributed by atoms with E-state index in [4.69, 9.17) is 10.8 Å². The van der Waals surface area contributed by atoms with Crippen LogP contribution in [0.5, 0.6) is 0 Å². The minimum absolute atomic E-state index is 0.275. The van der Waals surface area contributed by atoms with Crippen LogP contribution >= 0.6 is 0 Å². The third-order valence-electron chi connectivity index (χ3n) is 3.22. The highest BCUT2D eigenvalue weighted by Crippen LogP contribution is 2.20. The number of hydrogen-bond donors (Lipinski definition) is 2. The first kappa shape index (κ1) is 14.6. The molecule has 2 N–H and O–H groups in total. The Morgan fingerprint density at radius 1 is 1.30 bits per heavy atom. The molecule has 0 saturated carbocycles. The van der Waals surface area contributed by atoms with Gasteiger partial charge in [0.05, 0.1) is 36.8 Å². The molecule has 1 amide bonds. The van der Waals surface area contributed by atoms with Crippen molar-refractivity contribution in [3.63, 3.8) is 0 Å². The molecular weight excluding hydrogens is 292 g/mol. The molecule has 114 valence electrons. The Labute approximate surface area is 132 Å². The van der Waals surface area contributed by atoms with E-state index < -0.39 is 0 Å². The standard InChI is InChI=1S/C17H14N4O2/c1-2-7-19-15-11-18-9-12-5-6-14(21-16(12)15)17(22)20-10-13-4-3-8-23-13/h1,3-6,8-9,11,19H,7,10H2,(H,20,22). The number of hydrogen-bond acceptors (Lipinski definition) is 5. The quantitative estimate of drug-likeness (QED) is 0.706. The van der Waals surface area contributed by atoms with Crippen LogP contribution in [-0.2, 0) is 6.54 Å². The van der Waals surface area contributed by atoms with E-state index >= 15 is 0 Å². The predicted octanol–water partition coefficient (Wildman–Crippen LogP) is 2.20. The van der Waals surface area contributed by atoms with Gasteiger partial charge in [0.1, 0.15) is 11.5 Å². The van der Waals surface area contributed by atoms with Crippen LogP contribution in [-0.4, -0.2) is 22.4 Å². The molecule has 3 heterocycles. The lowest BCUT2D eigenvalue weighted by atomic mass is 10.2. The Morgan fingerprint density at radius 2 is 2.22 bits per heavy atom. The van der Waals surface area contributed by atoms with E-state index in [1.165, 1.54) is 0 Å². The number of amides is 1. The Kier molecular flexibility index (Phi) is 4.20. The van der Waals surface area contributed by atoms with Gasteiger partial charge in [0.2, 0.25) is 0 Å². The molecule has 0 saturated heterocycles. The number of pyridine rings is 2. The minimum Gasteiger partial charge on any atom is -0.467 e. The Morgan fingerprint density at radius 3 is 3.00 bits per heavy atom. The van der Waals surface area contributed by atoms with E-state index in [-0.39, 0.29) is 5.91 Å². The van der Waals surface area contributed by atoms with Gasteiger partial charge in [0, 0.05) is 11.6 Å². The van der Waals surface area contributed by atoms with Crippen LogP contribution < -0.4 is 10.6 Å². The van der Waals surface area contributed by atoms with E-state index in [1.54, 1.807) is 42.9 Å². The van der Waals surface area contributed by atoms with Crippen LogP contribution in [0.4, 0.5) is 5.69 Å². The molecule has 6 nitrogen and oxygen atoms in total. The summed E-state index contributed by atoms with van der Waals surface area (Å²) in [5, 5.41) is 6.64. The molecule has 0 aromatic carbocycles. The monoisotopic (exact) mass is 306 g/mol. The molecule has 0 bridgehead atoms. The maximum absolute atomic E-state index is 12.2. The zero-order chi connectivity index (χ0) is 16.1. The molecule has 3 aromatic rings. The van der Waals surface area contributed by atoms with E-state index in [1.807, 2.05) is 0 Å². The number of carbonyl (C=O) groups excluding carboxylic acids is 1. The lowest BCUT2D eigenvalue weighted by Crippen LogP contribution is -2.23. The smallest absolute Gasteiger partial charge is 0.270 e. The van der Waals surface area contributed by atoms with Crippen molar-refractivity contribution in [3.05, 3.63) is 54.4 Å². The Balaban J connectivity index is 1.83. The highest BCUT2D eigenvalue weighted by Gasteiger charge is 2.10. The normalized spacial score (nSPS) is 10.2. The van der Waals surface area contributed by atoms with Crippen LogP contribution in [0, 0.1) is 12.3 Å². The summed E-state index contributed by atoms with van der Waals surface area (Å²) in [6.45, 7) is 0.668. The zero-order valence-corrected chi connectivity index (χ0v) is 12.2. The highest BCUT2D eigenvalue weighted by atomic mass is 16.3. The average Bonchev–Trinajstić information content (AvgIpc) is 3.10. The number of nitrogens with zero attached hydrogens (tertiary/aromatic N) is 2. The molecule has 0 atom stereocenters. The number of fused-ring (bicyclic) bond motifs is 1. The summed E-state index contributed by atoms with van der Waals surface area (Å²) in [6, 6.07) is 7.03. The first-order valence-corrected chi connectivity index (χ1v) is 7.00. The molecule has 23 heavy (non-hydrogen) atoms. The molecule has 0 aliphatic carbocycles. The van der Waals surface area contributed by atoms with Gasteiger partial charge >= 0.3 is 0 Å². The molecular formula is C17H14N4O2. The number of carbonyl (C=O) groups is 1. The van der Waals surface area contributed by atoms with Gasteiger partial charge in [0.25, 0.3) is 5.91 Å². The second kappa shape index (κ2) is 6.62. The second-order valence-electron chi connectivity index (χ2n) is 4.77. The second-order valence-corrected chi connectivity index (χ2v) is 4.77. The van der Waals surface area contributed by atoms with Gasteiger partial charge < -0.3 is 15.1 Å². The van der Waals surface area contributed by atoms with Crippen LogP contribution in [0.2, 0.25) is 0 Å². The molecule has 6 heteroatoms. The summed E-state index contributed by atoms with van der Waals surface area (Å²) in [4.78, 5) is 20.8. The molecule has 0 spiro atoms. The number of furan rings is 1. The molecule has 0 aliphatic heterocycles. The third-order valence-corrected chi connectivity index (χ3v) is 3.22. The van der Waals surface area contributed by atoms with Crippen molar-refractivity contribution in [1.29, 1.82) is 0 Å². The number of aromatic nitrogens is 2. The molecule has 0 fully saturated rings. The number of anilines is 1. The fourth-order valence-electron chi connectivity index (χ4n) is 2.12. The number of rotatable bonds is 5. The molecule has 0 aliphatic rings. The number of terminal acetylenes is 1. The summed E-state index contributed by atoms with van der Waals surface area (Å²) < 4.78 is 5.18. The van der Waals surface area contributed by atoms with Gasteiger partial charge in [0.15, 0.2) is 0 Å². The van der Waals surface area contributed by atoms with Crippen molar-refractivity contribution in [2.45, 2.75) is 6.54 Å². The zero-order valence-electron chi connectivity index (χ0n) is 12.2. The first-order valence-electron chi connectivity index (χ1n) is 7.00. The highest BCUT2D eigenvalue weighted by molar-refractivity contribution is 5.97. The predicted molar refractivity (Wildman–Crippen MR) is 86.7 cm³/mol. The van der Waals surface area contributed by atoms with Crippen molar-refractivity contribution >= 4 is 22.5 Å². The summed E-state index contributed by atoms with van der Waals surface area (Å²) in [5.74, 6) is 2.90. The van der Waals surface area contributed by atoms with Crippen LogP contribution in [0.25, 0.3) is 10.9 Å². The van der Waals surface area contributed by atoms with Gasteiger partial charge in [-0.25, -0.2) is 4.98 Å². The van der Waals surface area contributed by atoms with Crippen LogP contribution in [0.3, 0.4) is 0 Å². The van der Waals surface area contributed by atoms with Crippen molar-refractivity contribution < 1.29 is 9.21 Å². The van der Waals surface area contributed by atoms with E-state index in [9.17, 15) is 4.79 Å². The lowest BCUT2D eigenvalue weighted by molar-refractivity contribution is 0.0943. The summed E-state index contributed by atoms with van der Waals surface area (Å²) >= 11 is 0. The third kappa shape index (κ3) is 3.30. The van der Waals surface area contributed by atoms with Crippen molar-refractivity contribution in [3.8, 4) is 12.3 Å². The SMILES string of the molecule is C#CCNc1cncc2ccc(C(=O)NCc3ccco3)nc12. The van der Waals surface area contributed by atoms with Crippen molar-refractivity contribution in [2.24, 2.45) is 0 Å². The van der Waals surface area contributed by atoms with E-state index in [2.05, 4.69) is 26.5 Å². The van der Waals surface area contributed by atoms with Crippen molar-refractivity contribution in [1.82, 2.24) is 15.3 Å². The maximum Gasteiger partial charge on any atom is 0.270 e. The summed E-state index contributed by atoms with van der Waals surface area (Å²) in [6.07, 6.45) is 10.1. The van der Waals surface area contributed by atoms with Gasteiger partial charge in [-0.15, -0.1) is 6.42 Å².